The third kappa shape index (κ3) is 6.44. The van der Waals surface area contributed by atoms with Crippen LogP contribution in [-0.2, 0) is 9.47 Å². The van der Waals surface area contributed by atoms with Gasteiger partial charge in [-0.3, -0.25) is 9.80 Å². The zero-order valence-electron chi connectivity index (χ0n) is 29.6. The van der Waals surface area contributed by atoms with Crippen molar-refractivity contribution in [2.75, 3.05) is 51.6 Å². The Bertz CT molecular complexity index is 1930. The minimum absolute atomic E-state index is 0.00143. The number of ether oxygens (including phenoxy) is 4. The van der Waals surface area contributed by atoms with E-state index in [1.165, 1.54) is 24.5 Å². The first-order chi connectivity index (χ1) is 24.5. The lowest BCUT2D eigenvalue weighted by molar-refractivity contribution is 0.0122. The number of piperazine rings is 1. The fourth-order valence-electron chi connectivity index (χ4n) is 8.50. The molecule has 4 aliphatic rings. The molecule has 2 aromatic heterocycles. The molecule has 0 aliphatic carbocycles. The Morgan fingerprint density at radius 2 is 1.82 bits per heavy atom. The van der Waals surface area contributed by atoms with Crippen LogP contribution in [0.1, 0.15) is 76.0 Å². The maximum absolute atomic E-state index is 15.4. The van der Waals surface area contributed by atoms with Gasteiger partial charge in [-0.15, -0.1) is 0 Å². The molecule has 51 heavy (non-hydrogen) atoms. The van der Waals surface area contributed by atoms with Crippen molar-refractivity contribution in [2.45, 2.75) is 88.6 Å². The number of rotatable bonds is 9. The van der Waals surface area contributed by atoms with E-state index in [9.17, 15) is 9.90 Å². The first kappa shape index (κ1) is 34.2. The Hall–Kier alpha value is -3.85. The summed E-state index contributed by atoms with van der Waals surface area (Å²) in [4.78, 5) is 35.2. The number of aliphatic hydroxyl groups is 1. The molecule has 1 N–H and O–H groups in total. The van der Waals surface area contributed by atoms with E-state index < -0.39 is 17.5 Å². The molecular formula is C37H45FN6O6S. The standard InChI is InChI=1S/C37H45FN6O6S/c1-36(2,3)50-35(46)44-23-10-11-24(44)19-42(18-23)31-29-32(41-34(40-31)48-20-37-12-6-14-43(37)15-7-13-37)51-33(39-29)30(45)26-17-25(49-21-47-4)16-22-8-5-9-27(38)28(22)26/h5,8-9,16-17,23-24,30,45H,6-7,10-15,18-21H2,1-4H3/t23?,24?,30-/m1/s1. The highest BCUT2D eigenvalue weighted by molar-refractivity contribution is 7.18. The summed E-state index contributed by atoms with van der Waals surface area (Å²) in [7, 11) is 1.52. The summed E-state index contributed by atoms with van der Waals surface area (Å²) in [5, 5.41) is 13.1. The molecule has 2 bridgehead atoms. The molecule has 12 nitrogen and oxygen atoms in total. The van der Waals surface area contributed by atoms with Crippen LogP contribution in [0, 0.1) is 5.82 Å². The third-order valence-electron chi connectivity index (χ3n) is 10.7. The van der Waals surface area contributed by atoms with Crippen LogP contribution in [0.5, 0.6) is 11.8 Å². The van der Waals surface area contributed by atoms with Crippen LogP contribution in [0.2, 0.25) is 0 Å². The summed E-state index contributed by atoms with van der Waals surface area (Å²) < 4.78 is 38.4. The molecule has 4 aromatic rings. The molecule has 4 fully saturated rings. The molecule has 4 aliphatic heterocycles. The minimum atomic E-state index is -1.28. The van der Waals surface area contributed by atoms with Gasteiger partial charge in [-0.05, 0) is 96.0 Å². The second-order valence-electron chi connectivity index (χ2n) is 15.2. The van der Waals surface area contributed by atoms with Gasteiger partial charge in [-0.1, -0.05) is 23.5 Å². The van der Waals surface area contributed by atoms with Gasteiger partial charge in [0.15, 0.2) is 17.4 Å². The number of carbonyl (C=O) groups excluding carboxylic acids is 1. The molecule has 2 aromatic carbocycles. The number of benzene rings is 2. The van der Waals surface area contributed by atoms with E-state index in [1.54, 1.807) is 24.3 Å². The molecule has 2 unspecified atom stereocenters. The molecule has 272 valence electrons. The number of carbonyl (C=O) groups is 1. The van der Waals surface area contributed by atoms with Crippen LogP contribution in [0.15, 0.2) is 30.3 Å². The van der Waals surface area contributed by atoms with Gasteiger partial charge in [-0.2, -0.15) is 9.97 Å². The van der Waals surface area contributed by atoms with E-state index in [1.807, 2.05) is 25.7 Å². The summed E-state index contributed by atoms with van der Waals surface area (Å²) in [6.45, 7) is 9.41. The highest BCUT2D eigenvalue weighted by Crippen LogP contribution is 2.42. The van der Waals surface area contributed by atoms with Gasteiger partial charge in [-0.25, -0.2) is 14.2 Å². The highest BCUT2D eigenvalue weighted by Gasteiger charge is 2.47. The van der Waals surface area contributed by atoms with E-state index in [2.05, 4.69) is 9.80 Å². The molecule has 8 rings (SSSR count). The Kier molecular flexibility index (Phi) is 8.92. The zero-order chi connectivity index (χ0) is 35.5. The quantitative estimate of drug-likeness (QED) is 0.204. The van der Waals surface area contributed by atoms with Crippen LogP contribution in [0.3, 0.4) is 0 Å². The van der Waals surface area contributed by atoms with Gasteiger partial charge in [0.1, 0.15) is 40.4 Å². The van der Waals surface area contributed by atoms with Crippen LogP contribution in [0.4, 0.5) is 15.0 Å². The number of hydrogen-bond donors (Lipinski definition) is 1. The zero-order valence-corrected chi connectivity index (χ0v) is 30.4. The lowest BCUT2D eigenvalue weighted by Gasteiger charge is -2.41. The van der Waals surface area contributed by atoms with E-state index in [-0.39, 0.29) is 41.9 Å². The van der Waals surface area contributed by atoms with Gasteiger partial charge < -0.3 is 29.0 Å². The number of thiazole rings is 1. The highest BCUT2D eigenvalue weighted by atomic mass is 32.1. The Labute approximate surface area is 300 Å². The minimum Gasteiger partial charge on any atom is -0.468 e. The Balaban J connectivity index is 1.16. The van der Waals surface area contributed by atoms with Crippen molar-refractivity contribution in [2.24, 2.45) is 0 Å². The van der Waals surface area contributed by atoms with E-state index in [0.29, 0.717) is 57.6 Å². The summed E-state index contributed by atoms with van der Waals surface area (Å²) >= 11 is 1.23. The number of amides is 1. The summed E-state index contributed by atoms with van der Waals surface area (Å²) in [5.74, 6) is 0.584. The van der Waals surface area contributed by atoms with Crippen molar-refractivity contribution in [1.82, 2.24) is 24.8 Å². The topological polar surface area (TPSA) is 123 Å². The SMILES string of the molecule is COCOc1cc([C@@H](O)c2nc3c(N4CC5CCC(C4)N5C(=O)OC(C)(C)C)nc(OCC45CCCN4CCC5)nc3s2)c2c(F)cccc2c1. The third-order valence-corrected chi connectivity index (χ3v) is 11.7. The van der Waals surface area contributed by atoms with Gasteiger partial charge >= 0.3 is 12.1 Å². The molecule has 4 saturated heterocycles. The molecular weight excluding hydrogens is 676 g/mol. The van der Waals surface area contributed by atoms with Gasteiger partial charge in [0.05, 0.1) is 17.6 Å². The molecule has 0 saturated carbocycles. The molecule has 3 atom stereocenters. The number of anilines is 1. The van der Waals surface area contributed by atoms with E-state index in [4.69, 9.17) is 33.9 Å². The van der Waals surface area contributed by atoms with Gasteiger partial charge in [0.25, 0.3) is 0 Å². The lowest BCUT2D eigenvalue weighted by Crippen LogP contribution is -2.57. The number of nitrogens with zero attached hydrogens (tertiary/aromatic N) is 6. The normalized spacial score (nSPS) is 22.2. The van der Waals surface area contributed by atoms with Crippen molar-refractivity contribution >= 4 is 44.4 Å². The lowest BCUT2D eigenvalue weighted by atomic mass is 9.95. The summed E-state index contributed by atoms with van der Waals surface area (Å²) in [5.41, 5.74) is 0.276. The summed E-state index contributed by atoms with van der Waals surface area (Å²) in [6, 6.07) is 8.30. The monoisotopic (exact) mass is 720 g/mol. The van der Waals surface area contributed by atoms with Crippen molar-refractivity contribution in [3.05, 3.63) is 46.7 Å². The number of hydrogen-bond acceptors (Lipinski definition) is 12. The van der Waals surface area contributed by atoms with Gasteiger partial charge in [0.2, 0.25) is 0 Å². The fraction of sp³-hybridized carbons (Fsp3) is 0.568. The number of fused-ring (bicyclic) bond motifs is 5. The molecule has 1 amide bonds. The predicted molar refractivity (Wildman–Crippen MR) is 191 cm³/mol. The average Bonchev–Trinajstić information content (AvgIpc) is 3.86. The molecule has 14 heteroatoms. The van der Waals surface area contributed by atoms with Crippen LogP contribution in [0.25, 0.3) is 21.1 Å². The van der Waals surface area contributed by atoms with E-state index in [0.717, 1.165) is 51.6 Å². The maximum Gasteiger partial charge on any atom is 0.410 e. The van der Waals surface area contributed by atoms with Crippen molar-refractivity contribution in [3.63, 3.8) is 0 Å². The number of aliphatic hydroxyl groups excluding tert-OH is 1. The average molecular weight is 721 g/mol. The van der Waals surface area contributed by atoms with Crippen LogP contribution >= 0.6 is 11.3 Å². The maximum atomic E-state index is 15.4. The van der Waals surface area contributed by atoms with Crippen molar-refractivity contribution in [1.29, 1.82) is 0 Å². The Morgan fingerprint density at radius 1 is 1.08 bits per heavy atom. The number of aromatic nitrogens is 3. The number of halogens is 1. The van der Waals surface area contributed by atoms with Crippen LogP contribution < -0.4 is 14.4 Å². The van der Waals surface area contributed by atoms with Gasteiger partial charge in [0, 0.05) is 31.1 Å². The molecule has 6 heterocycles. The first-order valence-corrected chi connectivity index (χ1v) is 18.7. The fourth-order valence-corrected chi connectivity index (χ4v) is 9.43. The largest absolute Gasteiger partial charge is 0.468 e. The first-order valence-electron chi connectivity index (χ1n) is 17.9. The number of methoxy groups -OCH3 is 1. The second-order valence-corrected chi connectivity index (χ2v) is 16.2. The Morgan fingerprint density at radius 3 is 2.53 bits per heavy atom. The van der Waals surface area contributed by atoms with E-state index >= 15 is 4.39 Å². The van der Waals surface area contributed by atoms with Crippen LogP contribution in [-0.4, -0.2) is 106 Å². The predicted octanol–water partition coefficient (Wildman–Crippen LogP) is 6.04. The van der Waals surface area contributed by atoms with Crippen molar-refractivity contribution in [3.8, 4) is 11.8 Å². The molecule has 0 spiro atoms. The molecule has 0 radical (unpaired) electrons. The summed E-state index contributed by atoms with van der Waals surface area (Å²) in [6.07, 6.45) is 4.63. The smallest absolute Gasteiger partial charge is 0.410 e. The van der Waals surface area contributed by atoms with Crippen molar-refractivity contribution < 1.29 is 33.2 Å². The second kappa shape index (κ2) is 13.3.